The lowest BCUT2D eigenvalue weighted by atomic mass is 9.73. The molecule has 1 aliphatic carbocycles. The first-order valence-corrected chi connectivity index (χ1v) is 11.3. The largest absolute Gasteiger partial charge is 0.486 e. The minimum atomic E-state index is 0.0217. The molecule has 30 heavy (non-hydrogen) atoms. The zero-order chi connectivity index (χ0) is 20.5. The summed E-state index contributed by atoms with van der Waals surface area (Å²) in [7, 11) is 0. The van der Waals surface area contributed by atoms with Crippen LogP contribution in [0.4, 0.5) is 0 Å². The molecule has 1 N–H and O–H groups in total. The number of hydrogen-bond donors (Lipinski definition) is 1. The van der Waals surface area contributed by atoms with Gasteiger partial charge in [0.15, 0.2) is 11.5 Å². The van der Waals surface area contributed by atoms with E-state index in [1.807, 2.05) is 6.92 Å². The maximum atomic E-state index is 12.2. The highest BCUT2D eigenvalue weighted by Crippen LogP contribution is 2.43. The van der Waals surface area contributed by atoms with Gasteiger partial charge in [0.2, 0.25) is 0 Å². The number of pyridine rings is 1. The second-order valence-corrected chi connectivity index (χ2v) is 8.60. The number of hydrogen-bond acceptors (Lipinski definition) is 3. The fraction of sp³-hybridized carbons (Fsp3) is 0.423. The summed E-state index contributed by atoms with van der Waals surface area (Å²) in [4.78, 5) is 15.3. The van der Waals surface area contributed by atoms with Gasteiger partial charge in [0.25, 0.3) is 5.56 Å². The Morgan fingerprint density at radius 1 is 0.933 bits per heavy atom. The molecule has 0 bridgehead atoms. The van der Waals surface area contributed by atoms with Crippen molar-refractivity contribution in [2.45, 2.75) is 51.4 Å². The second-order valence-electron chi connectivity index (χ2n) is 8.60. The van der Waals surface area contributed by atoms with Crippen molar-refractivity contribution in [1.29, 1.82) is 0 Å². The lowest BCUT2D eigenvalue weighted by molar-refractivity contribution is 0.171. The molecule has 2 heterocycles. The summed E-state index contributed by atoms with van der Waals surface area (Å²) in [6.07, 6.45) is 7.18. The SMILES string of the molecule is CCc1cc2cc(C(c3ccc4c(c3)OCCO4)C3CCCCC3)ccc2[nH]c1=O. The Bertz CT molecular complexity index is 1110. The Labute approximate surface area is 177 Å². The van der Waals surface area contributed by atoms with E-state index in [0.29, 0.717) is 25.0 Å². The molecule has 4 nitrogen and oxygen atoms in total. The highest BCUT2D eigenvalue weighted by molar-refractivity contribution is 5.80. The zero-order valence-corrected chi connectivity index (χ0v) is 17.6. The van der Waals surface area contributed by atoms with Crippen LogP contribution in [0.1, 0.15) is 61.6 Å². The van der Waals surface area contributed by atoms with E-state index >= 15 is 0 Å². The fourth-order valence-electron chi connectivity index (χ4n) is 5.18. The van der Waals surface area contributed by atoms with Crippen molar-refractivity contribution in [1.82, 2.24) is 4.98 Å². The number of H-pyrrole nitrogens is 1. The molecule has 0 amide bonds. The molecule has 4 heteroatoms. The standard InChI is InChI=1S/C26H29NO3/c1-2-17-14-21-15-19(8-10-22(21)27-26(17)28)25(18-6-4-3-5-7-18)20-9-11-23-24(16-20)30-13-12-29-23/h8-11,14-16,18,25H,2-7,12-13H2,1H3,(H,27,28). The molecular weight excluding hydrogens is 374 g/mol. The van der Waals surface area contributed by atoms with Gasteiger partial charge in [0.05, 0.1) is 0 Å². The molecule has 0 radical (unpaired) electrons. The number of rotatable bonds is 4. The third-order valence-electron chi connectivity index (χ3n) is 6.73. The molecule has 0 saturated heterocycles. The number of aromatic amines is 1. The van der Waals surface area contributed by atoms with E-state index in [-0.39, 0.29) is 5.56 Å². The number of nitrogens with one attached hydrogen (secondary N) is 1. The van der Waals surface area contributed by atoms with Crippen molar-refractivity contribution in [3.63, 3.8) is 0 Å². The number of fused-ring (bicyclic) bond motifs is 2. The van der Waals surface area contributed by atoms with Crippen molar-refractivity contribution in [2.24, 2.45) is 5.92 Å². The van der Waals surface area contributed by atoms with E-state index in [2.05, 4.69) is 47.4 Å². The van der Waals surface area contributed by atoms with Crippen molar-refractivity contribution in [3.05, 3.63) is 69.5 Å². The lowest BCUT2D eigenvalue weighted by Gasteiger charge is -2.32. The summed E-state index contributed by atoms with van der Waals surface area (Å²) in [6.45, 7) is 3.25. The Morgan fingerprint density at radius 3 is 2.47 bits per heavy atom. The van der Waals surface area contributed by atoms with Gasteiger partial charge >= 0.3 is 0 Å². The van der Waals surface area contributed by atoms with Crippen molar-refractivity contribution >= 4 is 10.9 Å². The van der Waals surface area contributed by atoms with Crippen LogP contribution in [0.25, 0.3) is 10.9 Å². The molecule has 1 aromatic heterocycles. The van der Waals surface area contributed by atoms with Gasteiger partial charge in [-0.1, -0.05) is 38.3 Å². The van der Waals surface area contributed by atoms with Crippen molar-refractivity contribution in [3.8, 4) is 11.5 Å². The molecule has 0 spiro atoms. The number of ether oxygens (including phenoxy) is 2. The third kappa shape index (κ3) is 3.60. The highest BCUT2D eigenvalue weighted by Gasteiger charge is 2.28. The van der Waals surface area contributed by atoms with Crippen LogP contribution in [0.5, 0.6) is 11.5 Å². The van der Waals surface area contributed by atoms with Crippen LogP contribution in [0.3, 0.4) is 0 Å². The average Bonchev–Trinajstić information content (AvgIpc) is 2.79. The Balaban J connectivity index is 1.61. The van der Waals surface area contributed by atoms with Gasteiger partial charge in [0, 0.05) is 17.0 Å². The first kappa shape index (κ1) is 19.2. The van der Waals surface area contributed by atoms with E-state index in [9.17, 15) is 4.79 Å². The van der Waals surface area contributed by atoms with Gasteiger partial charge in [-0.15, -0.1) is 0 Å². The van der Waals surface area contributed by atoms with E-state index in [1.165, 1.54) is 43.2 Å². The first-order chi connectivity index (χ1) is 14.7. The van der Waals surface area contributed by atoms with Crippen LogP contribution in [0, 0.1) is 5.92 Å². The first-order valence-electron chi connectivity index (χ1n) is 11.3. The minimum absolute atomic E-state index is 0.0217. The van der Waals surface area contributed by atoms with Crippen LogP contribution < -0.4 is 15.0 Å². The molecule has 3 aromatic rings. The molecule has 1 aliphatic heterocycles. The second kappa shape index (κ2) is 8.17. The quantitative estimate of drug-likeness (QED) is 0.619. The molecule has 2 aliphatic rings. The maximum absolute atomic E-state index is 12.2. The van der Waals surface area contributed by atoms with Crippen LogP contribution in [0.2, 0.25) is 0 Å². The molecule has 1 fully saturated rings. The fourth-order valence-corrected chi connectivity index (χ4v) is 5.18. The molecule has 5 rings (SSSR count). The van der Waals surface area contributed by atoms with Gasteiger partial charge in [-0.25, -0.2) is 0 Å². The predicted octanol–water partition coefficient (Wildman–Crippen LogP) is 5.57. The summed E-state index contributed by atoms with van der Waals surface area (Å²) in [6, 6.07) is 15.1. The smallest absolute Gasteiger partial charge is 0.251 e. The number of benzene rings is 2. The summed E-state index contributed by atoms with van der Waals surface area (Å²) >= 11 is 0. The topological polar surface area (TPSA) is 51.3 Å². The molecule has 1 saturated carbocycles. The summed E-state index contributed by atoms with van der Waals surface area (Å²) in [5, 5.41) is 1.11. The number of aryl methyl sites for hydroxylation is 1. The van der Waals surface area contributed by atoms with Gasteiger partial charge in [-0.2, -0.15) is 0 Å². The summed E-state index contributed by atoms with van der Waals surface area (Å²) < 4.78 is 11.6. The molecule has 156 valence electrons. The van der Waals surface area contributed by atoms with Crippen molar-refractivity contribution < 1.29 is 9.47 Å². The van der Waals surface area contributed by atoms with E-state index in [0.717, 1.165) is 34.4 Å². The lowest BCUT2D eigenvalue weighted by Crippen LogP contribution is -2.19. The minimum Gasteiger partial charge on any atom is -0.486 e. The molecule has 1 atom stereocenters. The van der Waals surface area contributed by atoms with Gasteiger partial charge in [-0.05, 0) is 72.0 Å². The molecule has 1 unspecified atom stereocenters. The van der Waals surface area contributed by atoms with Crippen LogP contribution in [0.15, 0.2) is 47.3 Å². The zero-order valence-electron chi connectivity index (χ0n) is 17.6. The van der Waals surface area contributed by atoms with E-state index in [4.69, 9.17) is 9.47 Å². The van der Waals surface area contributed by atoms with E-state index in [1.54, 1.807) is 0 Å². The van der Waals surface area contributed by atoms with Gasteiger partial charge in [-0.3, -0.25) is 4.79 Å². The number of aromatic nitrogens is 1. The predicted molar refractivity (Wildman–Crippen MR) is 120 cm³/mol. The molecule has 2 aromatic carbocycles. The van der Waals surface area contributed by atoms with E-state index < -0.39 is 0 Å². The Morgan fingerprint density at radius 2 is 1.67 bits per heavy atom. The Hall–Kier alpha value is -2.75. The van der Waals surface area contributed by atoms with Gasteiger partial charge in [0.1, 0.15) is 13.2 Å². The molecular formula is C26H29NO3. The van der Waals surface area contributed by atoms with Crippen LogP contribution in [-0.4, -0.2) is 18.2 Å². The highest BCUT2D eigenvalue weighted by atomic mass is 16.6. The third-order valence-corrected chi connectivity index (χ3v) is 6.73. The Kier molecular flexibility index (Phi) is 5.24. The summed E-state index contributed by atoms with van der Waals surface area (Å²) in [5.41, 5.74) is 4.39. The maximum Gasteiger partial charge on any atom is 0.251 e. The summed E-state index contributed by atoms with van der Waals surface area (Å²) in [5.74, 6) is 2.64. The monoisotopic (exact) mass is 403 g/mol. The average molecular weight is 404 g/mol. The van der Waals surface area contributed by atoms with Crippen LogP contribution >= 0.6 is 0 Å². The normalized spacial score (nSPS) is 17.8. The van der Waals surface area contributed by atoms with Crippen molar-refractivity contribution in [2.75, 3.05) is 13.2 Å². The van der Waals surface area contributed by atoms with Gasteiger partial charge < -0.3 is 14.5 Å². The van der Waals surface area contributed by atoms with Crippen LogP contribution in [-0.2, 0) is 6.42 Å².